The second-order valence-electron chi connectivity index (χ2n) is 3.72. The average Bonchev–Trinajstić information content (AvgIpc) is 2.30. The fourth-order valence-corrected chi connectivity index (χ4v) is 1.34. The van der Waals surface area contributed by atoms with E-state index in [9.17, 15) is 4.79 Å². The van der Waals surface area contributed by atoms with E-state index in [0.29, 0.717) is 6.54 Å². The van der Waals surface area contributed by atoms with Gasteiger partial charge in [-0.3, -0.25) is 9.80 Å². The summed E-state index contributed by atoms with van der Waals surface area (Å²) in [7, 11) is 0. The normalized spacial score (nSPS) is 11.9. The molecule has 0 saturated heterocycles. The summed E-state index contributed by atoms with van der Waals surface area (Å²) in [5, 5.41) is 1.20. The van der Waals surface area contributed by atoms with E-state index in [4.69, 9.17) is 23.0 Å². The van der Waals surface area contributed by atoms with Crippen LogP contribution in [0.25, 0.3) is 0 Å². The molecule has 17 heavy (non-hydrogen) atoms. The Hall–Kier alpha value is -2.21. The highest BCUT2D eigenvalue weighted by atomic mass is 16.1. The smallest absolute Gasteiger partial charge is 0.268 e. The standard InChI is InChI=1S/C11H17N5O/c1-7-4-2-3-5-8(7)6-16(15)10(13)9(12)11(14)17/h2-5H,6,12-13,15H2,1H3,(H2,14,17)/b10-9-. The molecule has 0 radical (unpaired) electrons. The molecule has 0 fully saturated rings. The van der Waals surface area contributed by atoms with Crippen LogP contribution in [-0.2, 0) is 11.3 Å². The van der Waals surface area contributed by atoms with Crippen LogP contribution in [0.1, 0.15) is 11.1 Å². The van der Waals surface area contributed by atoms with Gasteiger partial charge in [-0.1, -0.05) is 24.3 Å². The number of nitrogens with zero attached hydrogens (tertiary/aromatic N) is 1. The summed E-state index contributed by atoms with van der Waals surface area (Å²) in [4.78, 5) is 10.8. The lowest BCUT2D eigenvalue weighted by atomic mass is 10.1. The van der Waals surface area contributed by atoms with Crippen LogP contribution in [0.15, 0.2) is 35.8 Å². The van der Waals surface area contributed by atoms with E-state index >= 15 is 0 Å². The van der Waals surface area contributed by atoms with E-state index < -0.39 is 5.91 Å². The third-order valence-corrected chi connectivity index (χ3v) is 2.45. The Bertz CT molecular complexity index is 455. The van der Waals surface area contributed by atoms with Gasteiger partial charge in [-0.15, -0.1) is 0 Å². The van der Waals surface area contributed by atoms with Crippen LogP contribution in [0.5, 0.6) is 0 Å². The van der Waals surface area contributed by atoms with Crippen molar-refractivity contribution in [3.05, 3.63) is 46.9 Å². The van der Waals surface area contributed by atoms with E-state index in [1.807, 2.05) is 31.2 Å². The van der Waals surface area contributed by atoms with E-state index in [2.05, 4.69) is 0 Å². The first kappa shape index (κ1) is 12.9. The molecule has 0 heterocycles. The number of hydrogen-bond donors (Lipinski definition) is 4. The summed E-state index contributed by atoms with van der Waals surface area (Å²) in [6, 6.07) is 7.70. The third-order valence-electron chi connectivity index (χ3n) is 2.45. The van der Waals surface area contributed by atoms with Gasteiger partial charge in [0.15, 0.2) is 0 Å². The highest BCUT2D eigenvalue weighted by Crippen LogP contribution is 2.10. The quantitative estimate of drug-likeness (QED) is 0.310. The number of primary amides is 1. The zero-order valence-electron chi connectivity index (χ0n) is 9.68. The zero-order valence-corrected chi connectivity index (χ0v) is 9.68. The third kappa shape index (κ3) is 3.12. The highest BCUT2D eigenvalue weighted by Gasteiger charge is 2.11. The van der Waals surface area contributed by atoms with Gasteiger partial charge in [0.25, 0.3) is 5.91 Å². The van der Waals surface area contributed by atoms with E-state index in [1.54, 1.807) is 0 Å². The Morgan fingerprint density at radius 3 is 2.35 bits per heavy atom. The monoisotopic (exact) mass is 235 g/mol. The lowest BCUT2D eigenvalue weighted by Crippen LogP contribution is -2.39. The summed E-state index contributed by atoms with van der Waals surface area (Å²) < 4.78 is 0. The first-order chi connectivity index (χ1) is 7.93. The Balaban J connectivity index is 2.87. The lowest BCUT2D eigenvalue weighted by molar-refractivity contribution is -0.114. The number of rotatable bonds is 4. The number of aryl methyl sites for hydroxylation is 1. The second-order valence-corrected chi connectivity index (χ2v) is 3.72. The topological polar surface area (TPSA) is 124 Å². The Labute approximate surface area is 99.8 Å². The maximum Gasteiger partial charge on any atom is 0.268 e. The van der Waals surface area contributed by atoms with Crippen LogP contribution in [-0.4, -0.2) is 10.9 Å². The molecular formula is C11H17N5O. The van der Waals surface area contributed by atoms with E-state index in [-0.39, 0.29) is 11.5 Å². The number of hydrogen-bond acceptors (Lipinski definition) is 5. The van der Waals surface area contributed by atoms with Crippen molar-refractivity contribution in [2.24, 2.45) is 23.0 Å². The summed E-state index contributed by atoms with van der Waals surface area (Å²) in [6.45, 7) is 2.31. The van der Waals surface area contributed by atoms with E-state index in [0.717, 1.165) is 11.1 Å². The number of benzene rings is 1. The fraction of sp³-hybridized carbons (Fsp3) is 0.182. The molecule has 1 amide bonds. The van der Waals surface area contributed by atoms with Crippen LogP contribution >= 0.6 is 0 Å². The number of amides is 1. The maximum absolute atomic E-state index is 10.8. The predicted molar refractivity (Wildman–Crippen MR) is 65.5 cm³/mol. The van der Waals surface area contributed by atoms with Crippen LogP contribution in [0, 0.1) is 6.92 Å². The molecular weight excluding hydrogens is 218 g/mol. The molecule has 0 unspecified atom stereocenters. The Kier molecular flexibility index (Phi) is 3.95. The van der Waals surface area contributed by atoms with Crippen LogP contribution < -0.4 is 23.0 Å². The van der Waals surface area contributed by atoms with Crippen molar-refractivity contribution >= 4 is 5.91 Å². The summed E-state index contributed by atoms with van der Waals surface area (Å²) in [5.41, 5.74) is 17.9. The van der Waals surface area contributed by atoms with Crippen molar-refractivity contribution < 1.29 is 4.79 Å². The molecule has 0 bridgehead atoms. The first-order valence-electron chi connectivity index (χ1n) is 5.05. The van der Waals surface area contributed by atoms with Gasteiger partial charge in [0, 0.05) is 0 Å². The molecule has 1 rings (SSSR count). The van der Waals surface area contributed by atoms with Crippen molar-refractivity contribution in [1.29, 1.82) is 0 Å². The minimum atomic E-state index is -0.789. The molecule has 0 aromatic heterocycles. The van der Waals surface area contributed by atoms with Gasteiger partial charge >= 0.3 is 0 Å². The molecule has 0 spiro atoms. The van der Waals surface area contributed by atoms with Gasteiger partial charge in [-0.25, -0.2) is 5.84 Å². The lowest BCUT2D eigenvalue weighted by Gasteiger charge is -2.20. The highest BCUT2D eigenvalue weighted by molar-refractivity contribution is 5.91. The number of nitrogens with two attached hydrogens (primary N) is 4. The first-order valence-corrected chi connectivity index (χ1v) is 5.05. The molecule has 0 aliphatic rings. The number of hydrazine groups is 1. The largest absolute Gasteiger partial charge is 0.391 e. The zero-order chi connectivity index (χ0) is 13.0. The van der Waals surface area contributed by atoms with E-state index in [1.165, 1.54) is 5.01 Å². The van der Waals surface area contributed by atoms with Crippen LogP contribution in [0.4, 0.5) is 0 Å². The van der Waals surface area contributed by atoms with Crippen molar-refractivity contribution in [3.8, 4) is 0 Å². The molecule has 1 aromatic rings. The number of carbonyl (C=O) groups is 1. The van der Waals surface area contributed by atoms with Crippen molar-refractivity contribution in [2.45, 2.75) is 13.5 Å². The summed E-state index contributed by atoms with van der Waals surface area (Å²) in [6.07, 6.45) is 0. The maximum atomic E-state index is 10.8. The molecule has 92 valence electrons. The molecule has 0 aliphatic carbocycles. The van der Waals surface area contributed by atoms with Crippen LogP contribution in [0.3, 0.4) is 0 Å². The van der Waals surface area contributed by atoms with Crippen molar-refractivity contribution in [1.82, 2.24) is 5.01 Å². The van der Waals surface area contributed by atoms with Crippen molar-refractivity contribution in [3.63, 3.8) is 0 Å². The summed E-state index contributed by atoms with van der Waals surface area (Å²) >= 11 is 0. The van der Waals surface area contributed by atoms with Gasteiger partial charge in [-0.2, -0.15) is 0 Å². The van der Waals surface area contributed by atoms with Crippen molar-refractivity contribution in [2.75, 3.05) is 0 Å². The Morgan fingerprint density at radius 1 is 1.24 bits per heavy atom. The minimum Gasteiger partial charge on any atom is -0.391 e. The summed E-state index contributed by atoms with van der Waals surface area (Å²) in [5.74, 6) is 4.90. The SMILES string of the molecule is Cc1ccccc1CN(N)/C(N)=C(\N)C(N)=O. The molecule has 0 atom stereocenters. The minimum absolute atomic E-state index is 0.0271. The molecule has 8 N–H and O–H groups in total. The van der Waals surface area contributed by atoms with Crippen LogP contribution in [0.2, 0.25) is 0 Å². The molecule has 6 nitrogen and oxygen atoms in total. The van der Waals surface area contributed by atoms with Gasteiger partial charge < -0.3 is 17.2 Å². The molecule has 0 saturated carbocycles. The number of carbonyl (C=O) groups excluding carboxylic acids is 1. The van der Waals surface area contributed by atoms with Gasteiger partial charge in [0.05, 0.1) is 6.54 Å². The molecule has 6 heteroatoms. The fourth-order valence-electron chi connectivity index (χ4n) is 1.34. The second kappa shape index (κ2) is 5.22. The molecule has 1 aromatic carbocycles. The van der Waals surface area contributed by atoms with Gasteiger partial charge in [0.1, 0.15) is 11.5 Å². The Morgan fingerprint density at radius 2 is 1.82 bits per heavy atom. The predicted octanol–water partition coefficient (Wildman–Crippen LogP) is -0.757. The molecule has 0 aliphatic heterocycles. The average molecular weight is 235 g/mol. The van der Waals surface area contributed by atoms with Gasteiger partial charge in [0.2, 0.25) is 0 Å². The van der Waals surface area contributed by atoms with Gasteiger partial charge in [-0.05, 0) is 18.1 Å².